The fraction of sp³-hybridized carbons (Fsp3) is 0.636. The van der Waals surface area contributed by atoms with Crippen molar-refractivity contribution in [3.8, 4) is 0 Å². The fourth-order valence-electron chi connectivity index (χ4n) is 1.58. The van der Waals surface area contributed by atoms with E-state index in [9.17, 15) is 0 Å². The van der Waals surface area contributed by atoms with Gasteiger partial charge in [0.1, 0.15) is 0 Å². The van der Waals surface area contributed by atoms with Crippen molar-refractivity contribution in [1.29, 1.82) is 0 Å². The van der Waals surface area contributed by atoms with Crippen molar-refractivity contribution in [2.24, 2.45) is 5.92 Å². The summed E-state index contributed by atoms with van der Waals surface area (Å²) >= 11 is 5.36. The third-order valence-corrected chi connectivity index (χ3v) is 4.57. The van der Waals surface area contributed by atoms with Crippen LogP contribution in [0.5, 0.6) is 0 Å². The summed E-state index contributed by atoms with van der Waals surface area (Å²) in [5, 5.41) is 5.62. The Kier molecular flexibility index (Phi) is 4.02. The number of nitrogens with one attached hydrogen (secondary N) is 1. The van der Waals surface area contributed by atoms with Crippen molar-refractivity contribution in [3.05, 3.63) is 20.8 Å². The number of rotatable bonds is 6. The summed E-state index contributed by atoms with van der Waals surface area (Å²) in [4.78, 5) is 1.41. The topological polar surface area (TPSA) is 12.0 Å². The minimum Gasteiger partial charge on any atom is -0.312 e. The van der Waals surface area contributed by atoms with Crippen LogP contribution in [0.3, 0.4) is 0 Å². The lowest BCUT2D eigenvalue weighted by Crippen LogP contribution is -2.14. The molecule has 1 nitrogen and oxygen atoms in total. The molecule has 0 saturated heterocycles. The molecule has 0 spiro atoms. The van der Waals surface area contributed by atoms with Gasteiger partial charge < -0.3 is 5.32 Å². The van der Waals surface area contributed by atoms with Gasteiger partial charge in [0.05, 0.1) is 0 Å². The number of hydrogen-bond donors (Lipinski definition) is 1. The molecule has 14 heavy (non-hydrogen) atoms. The maximum absolute atomic E-state index is 3.54. The molecule has 0 unspecified atom stereocenters. The van der Waals surface area contributed by atoms with Gasteiger partial charge >= 0.3 is 0 Å². The molecule has 3 heteroatoms. The van der Waals surface area contributed by atoms with E-state index in [1.807, 2.05) is 11.3 Å². The molecule has 0 amide bonds. The van der Waals surface area contributed by atoms with Gasteiger partial charge in [-0.25, -0.2) is 0 Å². The van der Waals surface area contributed by atoms with Crippen molar-refractivity contribution >= 4 is 27.3 Å². The van der Waals surface area contributed by atoms with E-state index in [0.29, 0.717) is 0 Å². The van der Waals surface area contributed by atoms with Crippen LogP contribution in [0.4, 0.5) is 0 Å². The van der Waals surface area contributed by atoms with Crippen LogP contribution < -0.4 is 5.32 Å². The van der Waals surface area contributed by atoms with Crippen LogP contribution in [0.1, 0.15) is 30.6 Å². The normalized spacial score (nSPS) is 16.1. The Morgan fingerprint density at radius 2 is 2.36 bits per heavy atom. The molecule has 1 aliphatic rings. The summed E-state index contributed by atoms with van der Waals surface area (Å²) in [7, 11) is 0. The molecule has 2 rings (SSSR count). The second-order valence-electron chi connectivity index (χ2n) is 3.95. The van der Waals surface area contributed by atoms with Crippen molar-refractivity contribution in [1.82, 2.24) is 5.32 Å². The van der Waals surface area contributed by atoms with Gasteiger partial charge in [-0.1, -0.05) is 12.8 Å². The molecule has 1 heterocycles. The predicted molar refractivity (Wildman–Crippen MR) is 65.7 cm³/mol. The summed E-state index contributed by atoms with van der Waals surface area (Å²) in [5.41, 5.74) is 0. The third-order valence-electron chi connectivity index (χ3n) is 2.64. The Balaban J connectivity index is 1.56. The van der Waals surface area contributed by atoms with Gasteiger partial charge in [-0.15, -0.1) is 11.3 Å². The molecule has 1 aliphatic carbocycles. The second-order valence-corrected chi connectivity index (χ2v) is 5.81. The van der Waals surface area contributed by atoms with Crippen LogP contribution in [-0.2, 0) is 6.54 Å². The molecule has 1 aromatic heterocycles. The van der Waals surface area contributed by atoms with Crippen LogP contribution in [0, 0.1) is 5.92 Å². The summed E-state index contributed by atoms with van der Waals surface area (Å²) in [6.45, 7) is 2.18. The van der Waals surface area contributed by atoms with Gasteiger partial charge in [0.25, 0.3) is 0 Å². The Hall–Kier alpha value is 0.140. The summed E-state index contributed by atoms with van der Waals surface area (Å²) in [6.07, 6.45) is 5.74. The Labute approximate surface area is 98.0 Å². The average molecular weight is 274 g/mol. The van der Waals surface area contributed by atoms with Crippen molar-refractivity contribution < 1.29 is 0 Å². The van der Waals surface area contributed by atoms with Crippen LogP contribution in [0.15, 0.2) is 15.9 Å². The van der Waals surface area contributed by atoms with Gasteiger partial charge in [-0.3, -0.25) is 0 Å². The predicted octanol–water partition coefficient (Wildman–Crippen LogP) is 3.79. The molecular weight excluding hydrogens is 258 g/mol. The van der Waals surface area contributed by atoms with E-state index in [2.05, 4.69) is 32.7 Å². The second kappa shape index (κ2) is 5.29. The number of thiophene rings is 1. The minimum atomic E-state index is 1.02. The number of hydrogen-bond acceptors (Lipinski definition) is 2. The molecule has 1 N–H and O–H groups in total. The van der Waals surface area contributed by atoms with Crippen molar-refractivity contribution in [3.63, 3.8) is 0 Å². The summed E-state index contributed by atoms with van der Waals surface area (Å²) in [5.74, 6) is 1.07. The Bertz CT molecular complexity index is 281. The molecule has 0 aliphatic heterocycles. The largest absolute Gasteiger partial charge is 0.312 e. The highest BCUT2D eigenvalue weighted by atomic mass is 79.9. The van der Waals surface area contributed by atoms with Crippen LogP contribution >= 0.6 is 27.3 Å². The average Bonchev–Trinajstić information content (AvgIpc) is 2.91. The lowest BCUT2D eigenvalue weighted by molar-refractivity contribution is 0.596. The van der Waals surface area contributed by atoms with Crippen LogP contribution in [-0.4, -0.2) is 6.54 Å². The highest BCUT2D eigenvalue weighted by molar-refractivity contribution is 9.10. The molecule has 0 bridgehead atoms. The Morgan fingerprint density at radius 1 is 1.50 bits per heavy atom. The molecule has 0 radical (unpaired) electrons. The standard InChI is InChI=1S/C11H16BrNS/c12-10-5-7-14-11(10)8-13-6-1-2-9-3-4-9/h5,7,9,13H,1-4,6,8H2. The molecular formula is C11H16BrNS. The summed E-state index contributed by atoms with van der Waals surface area (Å²) in [6, 6.07) is 2.12. The van der Waals surface area contributed by atoms with Gasteiger partial charge in [-0.05, 0) is 52.7 Å². The zero-order valence-electron chi connectivity index (χ0n) is 8.26. The van der Waals surface area contributed by atoms with Gasteiger partial charge in [0, 0.05) is 15.9 Å². The first kappa shape index (κ1) is 10.7. The number of halogens is 1. The highest BCUT2D eigenvalue weighted by Crippen LogP contribution is 2.33. The van der Waals surface area contributed by atoms with Crippen LogP contribution in [0.2, 0.25) is 0 Å². The van der Waals surface area contributed by atoms with E-state index in [-0.39, 0.29) is 0 Å². The molecule has 1 saturated carbocycles. The van der Waals surface area contributed by atoms with Gasteiger partial charge in [-0.2, -0.15) is 0 Å². The molecule has 78 valence electrons. The van der Waals surface area contributed by atoms with Gasteiger partial charge in [0.15, 0.2) is 0 Å². The van der Waals surface area contributed by atoms with E-state index in [1.165, 1.54) is 41.6 Å². The Morgan fingerprint density at radius 3 is 3.00 bits per heavy atom. The van der Waals surface area contributed by atoms with E-state index in [4.69, 9.17) is 0 Å². The lowest BCUT2D eigenvalue weighted by atomic mass is 10.2. The molecule has 0 aromatic carbocycles. The molecule has 0 atom stereocenters. The smallest absolute Gasteiger partial charge is 0.0327 e. The maximum atomic E-state index is 3.54. The van der Waals surface area contributed by atoms with Gasteiger partial charge in [0.2, 0.25) is 0 Å². The first-order valence-electron chi connectivity index (χ1n) is 5.29. The maximum Gasteiger partial charge on any atom is 0.0327 e. The third kappa shape index (κ3) is 3.37. The lowest BCUT2D eigenvalue weighted by Gasteiger charge is -2.02. The first-order valence-corrected chi connectivity index (χ1v) is 6.96. The molecule has 1 aromatic rings. The monoisotopic (exact) mass is 273 g/mol. The first-order chi connectivity index (χ1) is 6.86. The van der Waals surface area contributed by atoms with E-state index in [1.54, 1.807) is 0 Å². The zero-order chi connectivity index (χ0) is 9.80. The van der Waals surface area contributed by atoms with E-state index < -0.39 is 0 Å². The van der Waals surface area contributed by atoms with Crippen LogP contribution in [0.25, 0.3) is 0 Å². The fourth-order valence-corrected chi connectivity index (χ4v) is 3.04. The molecule has 1 fully saturated rings. The minimum absolute atomic E-state index is 1.02. The SMILES string of the molecule is Brc1ccsc1CNCCCC1CC1. The summed E-state index contributed by atoms with van der Waals surface area (Å²) < 4.78 is 1.25. The highest BCUT2D eigenvalue weighted by Gasteiger charge is 2.19. The quantitative estimate of drug-likeness (QED) is 0.778. The van der Waals surface area contributed by atoms with E-state index in [0.717, 1.165) is 12.5 Å². The van der Waals surface area contributed by atoms with Crippen molar-refractivity contribution in [2.75, 3.05) is 6.54 Å². The van der Waals surface area contributed by atoms with E-state index >= 15 is 0 Å². The zero-order valence-corrected chi connectivity index (χ0v) is 10.7. The van der Waals surface area contributed by atoms with Crippen molar-refractivity contribution in [2.45, 2.75) is 32.2 Å².